The third-order valence-corrected chi connectivity index (χ3v) is 8.48. The molecule has 0 radical (unpaired) electrons. The summed E-state index contributed by atoms with van der Waals surface area (Å²) < 4.78 is 10.2. The van der Waals surface area contributed by atoms with Gasteiger partial charge in [-0.3, -0.25) is 33.6 Å². The largest absolute Gasteiger partial charge is 0.382 e. The van der Waals surface area contributed by atoms with E-state index in [0.29, 0.717) is 39.0 Å². The van der Waals surface area contributed by atoms with Crippen LogP contribution < -0.4 is 37.6 Å². The summed E-state index contributed by atoms with van der Waals surface area (Å²) >= 11 is 0. The Labute approximate surface area is 302 Å². The van der Waals surface area contributed by atoms with Crippen molar-refractivity contribution in [2.24, 2.45) is 23.5 Å². The maximum absolute atomic E-state index is 13.5. The van der Waals surface area contributed by atoms with E-state index >= 15 is 0 Å². The van der Waals surface area contributed by atoms with E-state index in [2.05, 4.69) is 31.9 Å². The van der Waals surface area contributed by atoms with Crippen LogP contribution in [0.25, 0.3) is 0 Å². The third-order valence-electron chi connectivity index (χ3n) is 8.48. The number of methoxy groups -OCH3 is 1. The monoisotopic (exact) mass is 726 g/mol. The van der Waals surface area contributed by atoms with Crippen LogP contribution in [-0.2, 0) is 43.0 Å². The number of carbonyl (C=O) groups is 7. The quantitative estimate of drug-likeness (QED) is 0.0571. The first-order valence-electron chi connectivity index (χ1n) is 17.9. The molecule has 0 saturated carbocycles. The fourth-order valence-corrected chi connectivity index (χ4v) is 5.42. The molecule has 8 N–H and O–H groups in total. The first-order chi connectivity index (χ1) is 24.2. The molecule has 17 heteroatoms. The first kappa shape index (κ1) is 45.2. The average Bonchev–Trinajstić information content (AvgIpc) is 3.58. The van der Waals surface area contributed by atoms with Gasteiger partial charge in [-0.15, -0.1) is 0 Å². The van der Waals surface area contributed by atoms with E-state index in [1.54, 1.807) is 27.9 Å². The molecular formula is C34H62N8O9. The van der Waals surface area contributed by atoms with Crippen LogP contribution in [0.3, 0.4) is 0 Å². The maximum Gasteiger partial charge on any atom is 0.243 e. The highest BCUT2D eigenvalue weighted by Gasteiger charge is 2.36. The molecule has 0 aromatic heterocycles. The van der Waals surface area contributed by atoms with Crippen LogP contribution in [-0.4, -0.2) is 130 Å². The van der Waals surface area contributed by atoms with E-state index in [-0.39, 0.29) is 62.7 Å². The normalized spacial score (nSPS) is 16.5. The van der Waals surface area contributed by atoms with Gasteiger partial charge in [0.25, 0.3) is 0 Å². The summed E-state index contributed by atoms with van der Waals surface area (Å²) in [5.41, 5.74) is 5.51. The predicted molar refractivity (Wildman–Crippen MR) is 190 cm³/mol. The summed E-state index contributed by atoms with van der Waals surface area (Å²) in [5, 5.41) is 15.9. The highest BCUT2D eigenvalue weighted by Crippen LogP contribution is 2.19. The SMILES string of the molecule is CCC(C)[C@H](NC(=O)C(CC(C)C)NC(=O)CNC(=O)[C@@H](NC(=O)[C@@H]1CCCN1C(=O)CCN)C(C)C)C(=O)NCC(=O)NCCOCCOC. The minimum absolute atomic E-state index is 0.0129. The Morgan fingerprint density at radius 2 is 1.45 bits per heavy atom. The Morgan fingerprint density at radius 3 is 2.04 bits per heavy atom. The summed E-state index contributed by atoms with van der Waals surface area (Å²) in [4.78, 5) is 92.0. The van der Waals surface area contributed by atoms with Gasteiger partial charge >= 0.3 is 0 Å². The standard InChI is InChI=1S/C34H62N8O9/c1-8-23(6)30(34(49)37-19-26(43)36-13-15-51-17-16-50-7)41-31(46)24(18-21(2)3)39-27(44)20-38-33(48)29(22(4)5)40-32(47)25-10-9-14-42(25)28(45)11-12-35/h21-25,29-30H,8-20,35H2,1-7H3,(H,36,43)(H,37,49)(H,38,48)(H,39,44)(H,40,47)(H,41,46)/t23?,24?,25-,29-,30-/m0/s1. The fourth-order valence-electron chi connectivity index (χ4n) is 5.42. The zero-order valence-corrected chi connectivity index (χ0v) is 31.4. The Hall–Kier alpha value is -3.83. The van der Waals surface area contributed by atoms with Crippen molar-refractivity contribution in [2.75, 3.05) is 59.7 Å². The van der Waals surface area contributed by atoms with Crippen LogP contribution in [0.1, 0.15) is 73.6 Å². The zero-order valence-electron chi connectivity index (χ0n) is 31.4. The molecule has 5 atom stereocenters. The number of nitrogens with one attached hydrogen (secondary N) is 6. The lowest BCUT2D eigenvalue weighted by atomic mass is 9.96. The van der Waals surface area contributed by atoms with Gasteiger partial charge < -0.3 is 52.0 Å². The lowest BCUT2D eigenvalue weighted by Crippen LogP contribution is -2.58. The molecule has 0 bridgehead atoms. The van der Waals surface area contributed by atoms with Crippen LogP contribution in [0, 0.1) is 17.8 Å². The van der Waals surface area contributed by atoms with Crippen LogP contribution in [0.15, 0.2) is 0 Å². The fraction of sp³-hybridized carbons (Fsp3) is 0.794. The van der Waals surface area contributed by atoms with Crippen LogP contribution >= 0.6 is 0 Å². The summed E-state index contributed by atoms with van der Waals surface area (Å²) in [5.74, 6) is -4.08. The molecule has 0 aliphatic carbocycles. The summed E-state index contributed by atoms with van der Waals surface area (Å²) in [6, 6.07) is -3.67. The second-order valence-corrected chi connectivity index (χ2v) is 13.5. The Bertz CT molecular complexity index is 1150. The number of nitrogens with zero attached hydrogens (tertiary/aromatic N) is 1. The van der Waals surface area contributed by atoms with Crippen molar-refractivity contribution < 1.29 is 43.0 Å². The smallest absolute Gasteiger partial charge is 0.243 e. The van der Waals surface area contributed by atoms with Gasteiger partial charge in [-0.1, -0.05) is 48.0 Å². The summed E-state index contributed by atoms with van der Waals surface area (Å²) in [6.07, 6.45) is 2.05. The second kappa shape index (κ2) is 24.4. The van der Waals surface area contributed by atoms with Gasteiger partial charge in [0.1, 0.15) is 24.2 Å². The number of hydrogen-bond acceptors (Lipinski definition) is 10. The molecule has 1 saturated heterocycles. The lowest BCUT2D eigenvalue weighted by Gasteiger charge is -2.28. The van der Waals surface area contributed by atoms with Crippen LogP contribution in [0.2, 0.25) is 0 Å². The van der Waals surface area contributed by atoms with E-state index in [1.807, 2.05) is 20.8 Å². The van der Waals surface area contributed by atoms with Gasteiger partial charge in [0.05, 0.1) is 32.9 Å². The van der Waals surface area contributed by atoms with Crippen molar-refractivity contribution in [1.29, 1.82) is 0 Å². The van der Waals surface area contributed by atoms with Gasteiger partial charge in [-0.2, -0.15) is 0 Å². The van der Waals surface area contributed by atoms with Crippen molar-refractivity contribution in [3.05, 3.63) is 0 Å². The van der Waals surface area contributed by atoms with Crippen molar-refractivity contribution >= 4 is 41.4 Å². The van der Waals surface area contributed by atoms with E-state index in [4.69, 9.17) is 15.2 Å². The minimum Gasteiger partial charge on any atom is -0.382 e. The zero-order chi connectivity index (χ0) is 38.5. The third kappa shape index (κ3) is 16.8. The molecule has 1 aliphatic rings. The number of carbonyl (C=O) groups excluding carboxylic acids is 7. The molecule has 1 fully saturated rings. The van der Waals surface area contributed by atoms with Crippen LogP contribution in [0.4, 0.5) is 0 Å². The number of rotatable bonds is 24. The molecule has 0 aromatic rings. The topological polar surface area (TPSA) is 239 Å². The molecule has 7 amide bonds. The second-order valence-electron chi connectivity index (χ2n) is 13.5. The molecule has 2 unspecified atom stereocenters. The highest BCUT2D eigenvalue weighted by molar-refractivity contribution is 5.96. The number of likely N-dealkylation sites (tertiary alicyclic amines) is 1. The van der Waals surface area contributed by atoms with Crippen molar-refractivity contribution in [3.8, 4) is 0 Å². The maximum atomic E-state index is 13.5. The van der Waals surface area contributed by atoms with E-state index in [1.165, 1.54) is 4.90 Å². The molecule has 1 rings (SSSR count). The average molecular weight is 727 g/mol. The number of nitrogens with two attached hydrogens (primary N) is 1. The van der Waals surface area contributed by atoms with Gasteiger partial charge in [-0.05, 0) is 37.0 Å². The highest BCUT2D eigenvalue weighted by atomic mass is 16.5. The lowest BCUT2D eigenvalue weighted by molar-refractivity contribution is -0.139. The van der Waals surface area contributed by atoms with Gasteiger partial charge in [0.15, 0.2) is 0 Å². The summed E-state index contributed by atoms with van der Waals surface area (Å²) in [7, 11) is 1.56. The molecule has 17 nitrogen and oxygen atoms in total. The van der Waals surface area contributed by atoms with E-state index in [9.17, 15) is 33.6 Å². The van der Waals surface area contributed by atoms with Gasteiger partial charge in [-0.25, -0.2) is 0 Å². The summed E-state index contributed by atoms with van der Waals surface area (Å²) in [6.45, 7) is 12.1. The molecule has 0 aromatic carbocycles. The minimum atomic E-state index is -1.02. The van der Waals surface area contributed by atoms with Crippen molar-refractivity contribution in [2.45, 2.75) is 97.8 Å². The van der Waals surface area contributed by atoms with Gasteiger partial charge in [0.2, 0.25) is 41.4 Å². The number of ether oxygens (including phenoxy) is 2. The van der Waals surface area contributed by atoms with Crippen LogP contribution in [0.5, 0.6) is 0 Å². The predicted octanol–water partition coefficient (Wildman–Crippen LogP) is -1.46. The van der Waals surface area contributed by atoms with E-state index < -0.39 is 66.2 Å². The molecular weight excluding hydrogens is 664 g/mol. The Kier molecular flexibility index (Phi) is 21.6. The Balaban J connectivity index is 2.80. The first-order valence-corrected chi connectivity index (χ1v) is 17.9. The van der Waals surface area contributed by atoms with Crippen molar-refractivity contribution in [1.82, 2.24) is 36.8 Å². The number of amides is 7. The van der Waals surface area contributed by atoms with Gasteiger partial charge in [0, 0.05) is 33.2 Å². The molecule has 0 spiro atoms. The number of hydrogen-bond donors (Lipinski definition) is 7. The molecule has 1 aliphatic heterocycles. The van der Waals surface area contributed by atoms with E-state index in [0.717, 1.165) is 0 Å². The molecule has 292 valence electrons. The van der Waals surface area contributed by atoms with Crippen molar-refractivity contribution in [3.63, 3.8) is 0 Å². The molecule has 51 heavy (non-hydrogen) atoms. The Morgan fingerprint density at radius 1 is 0.804 bits per heavy atom. The molecule has 1 heterocycles.